The SMILES string of the molecule is CC[C@H]1O[C@@H](n2cnc3c(N)ncnc32)CC1OP(O)(=S)OC[C@H]1O[C@@H](n2cnc3c(=O)[nH]c(N)nc32)CC1OP(O)(=S)OC[C@H]1O[C@@H](n2cnc3c(=O)[nH]c(N)nc32)[C@@H](OCCOC)C1OP(=O)(O)OC[C@H]1O[C@@H](n2cc(C)c(=O)[nH]c2=O)[C@@H](OCCOC)C1OP(O)(=S)OC[C@H]1O[C@@H](n2cc(C)c(N)nc2=O)[C@@H](OCCOC)C1OP(O)(=S)OC[C@H]1O[C@@H](n2cc(C)c(=O)[nH]c2=O)[C@@H](OCCOC)C1O. The number of aromatic nitrogens is 18. The molecule has 0 amide bonds. The van der Waals surface area contributed by atoms with E-state index in [1.54, 1.807) is 4.57 Å². The van der Waals surface area contributed by atoms with Gasteiger partial charge in [0.25, 0.3) is 22.2 Å². The third-order valence-electron chi connectivity index (χ3n) is 23.1. The summed E-state index contributed by atoms with van der Waals surface area (Å²) in [5, 5.41) is 11.8. The quantitative estimate of drug-likeness (QED) is 0.0141. The number of phosphoric acid groups is 1. The number of nitrogens with one attached hydrogen (secondary N) is 4. The van der Waals surface area contributed by atoms with E-state index in [9.17, 15) is 63.1 Å². The molecule has 6 saturated heterocycles. The van der Waals surface area contributed by atoms with Gasteiger partial charge in [0.1, 0.15) is 109 Å². The number of hydrogen-bond donors (Lipinski definition) is 14. The van der Waals surface area contributed by atoms with Crippen LogP contribution in [0.3, 0.4) is 0 Å². The number of fused-ring (bicyclic) bond motifs is 3. The maximum absolute atomic E-state index is 15.4. The minimum absolute atomic E-state index is 0.0173. The molecule has 27 atom stereocenters. The van der Waals surface area contributed by atoms with Crippen LogP contribution < -0.4 is 62.2 Å². The number of methoxy groups -OCH3 is 4. The predicted molar refractivity (Wildman–Crippen MR) is 500 cm³/mol. The van der Waals surface area contributed by atoms with Gasteiger partial charge >= 0.3 is 51.8 Å². The summed E-state index contributed by atoms with van der Waals surface area (Å²) in [5.74, 6) is -0.763. The second kappa shape index (κ2) is 46.0. The van der Waals surface area contributed by atoms with Crippen molar-refractivity contribution in [3.8, 4) is 0 Å². The molecule has 18 N–H and O–H groups in total. The van der Waals surface area contributed by atoms with Gasteiger partial charge in [-0.25, -0.2) is 43.9 Å². The highest BCUT2D eigenvalue weighted by atomic mass is 32.5. The van der Waals surface area contributed by atoms with Crippen molar-refractivity contribution >= 4 is 139 Å². The fourth-order valence-electron chi connectivity index (χ4n) is 16.4. The standard InChI is InChI=1S/C73H103N22O38P5S4/c1-9-35-36(18-43(123-35)93-29-80-45-57(75)78-28-79-58(45)93)129-135(106,139)119-23-38-37(19-44(124-38)94-30-81-46-59(94)84-69(76)86-63(46)99)130-136(107,140)121-26-41-49(53(115-15-11-111-6)68(128-41)95-31-82-47-60(95)85-70(77)87-64(47)100)131-134(104,105)118-25-40-50(54(116-16-12-112-7)67(126-40)92-22-34(4)62(98)89-73(92)103)132-138(109,142)122-27-42-51(55(117-17-13-113-8)66(127-42)90-20-32(2)56(74)83-71(90)101)133-137(108,141)120-24-39-48(96)52(114-14-10-110-5)65(125-39)91-21-33(3)61(97)88-72(91)102/h20-22,28-31,35-44,48-55,65-68,96H,9-19,23-27H2,1-8H3,(H,104,105)(H,106,139)(H,107,140)(H,108,141)(H,109,142)(H2,74,83,101)(H2,75,78,79)(H,88,97,102)(H,89,98,103)(H3,76,84,86,99)(H3,77,85,87,100)/t35-,36?,37?,38-,39-,40-,41-,42-,43-,44-,48?,49?,50?,51?,52+,53+,54+,55+,65-,66-,67-,68-,135?,136?,137?,138?/m1/s1. The lowest BCUT2D eigenvalue weighted by Gasteiger charge is -2.30. The Labute approximate surface area is 820 Å². The molecule has 0 radical (unpaired) electrons. The van der Waals surface area contributed by atoms with Gasteiger partial charge in [0, 0.05) is 76.6 Å². The normalized spacial score (nSPS) is 29.1. The van der Waals surface area contributed by atoms with Crippen LogP contribution in [0.4, 0.5) is 23.5 Å². The van der Waals surface area contributed by atoms with Gasteiger partial charge in [0.05, 0.1) is 123 Å². The van der Waals surface area contributed by atoms with E-state index in [4.69, 9.17) is 182 Å². The molecule has 60 nitrogen and oxygen atoms in total. The third-order valence-corrected chi connectivity index (χ3v) is 30.4. The predicted octanol–water partition coefficient (Wildman–Crippen LogP) is -2.26. The number of aliphatic hydroxyl groups is 1. The smallest absolute Gasteiger partial charge is 0.387 e. The van der Waals surface area contributed by atoms with Crippen molar-refractivity contribution in [3.05, 3.63) is 133 Å². The minimum Gasteiger partial charge on any atom is -0.387 e. The summed E-state index contributed by atoms with van der Waals surface area (Å²) in [7, 11) is -0.510. The van der Waals surface area contributed by atoms with Gasteiger partial charge in [-0.1, -0.05) is 6.92 Å². The second-order valence-electron chi connectivity index (χ2n) is 32.6. The van der Waals surface area contributed by atoms with Crippen LogP contribution >= 0.6 is 34.7 Å². The van der Waals surface area contributed by atoms with Crippen molar-refractivity contribution in [2.24, 2.45) is 0 Å². The molecule has 782 valence electrons. The highest BCUT2D eigenvalue weighted by Crippen LogP contribution is 2.58. The lowest BCUT2D eigenvalue weighted by Crippen LogP contribution is -2.42. The Balaban J connectivity index is 0.708. The molecular weight excluding hydrogens is 2080 g/mol. The Morgan fingerprint density at radius 1 is 0.401 bits per heavy atom. The molecule has 6 fully saturated rings. The zero-order valence-corrected chi connectivity index (χ0v) is 84.0. The topological polar surface area (TPSA) is 779 Å². The van der Waals surface area contributed by atoms with Crippen molar-refractivity contribution in [1.82, 2.24) is 87.2 Å². The molecule has 6 aliphatic rings. The van der Waals surface area contributed by atoms with Crippen LogP contribution in [-0.2, 0) is 163 Å². The first-order valence-corrected chi connectivity index (χ1v) is 55.0. The van der Waals surface area contributed by atoms with E-state index in [1.807, 2.05) is 6.92 Å². The fourth-order valence-corrected chi connectivity index (χ4v) is 23.2. The average molecular weight is 2180 g/mol. The first-order chi connectivity index (χ1) is 67.5. The minimum atomic E-state index is -5.88. The van der Waals surface area contributed by atoms with Gasteiger partial charge in [-0.05, 0) is 74.4 Å². The Hall–Kier alpha value is -7.68. The van der Waals surface area contributed by atoms with E-state index < -0.39 is 248 Å². The van der Waals surface area contributed by atoms with Crippen LogP contribution in [0.25, 0.3) is 33.5 Å². The summed E-state index contributed by atoms with van der Waals surface area (Å²) >= 11 is 22.8. The number of ether oxygens (including phenoxy) is 14. The summed E-state index contributed by atoms with van der Waals surface area (Å²) in [6.45, 7) is -19.3. The maximum Gasteiger partial charge on any atom is 0.472 e. The molecule has 142 heavy (non-hydrogen) atoms. The molecule has 15 heterocycles. The fraction of sp³-hybridized carbons (Fsp3) is 0.630. The number of aryl methyl sites for hydroxylation is 3. The van der Waals surface area contributed by atoms with Crippen molar-refractivity contribution in [3.63, 3.8) is 0 Å². The molecular formula is C73H103N22O38P5S4. The monoisotopic (exact) mass is 2180 g/mol. The van der Waals surface area contributed by atoms with E-state index in [0.29, 0.717) is 17.6 Å². The molecule has 15 rings (SSSR count). The number of nitrogens with two attached hydrogens (primary N) is 4. The molecule has 0 aromatic carbocycles. The van der Waals surface area contributed by atoms with Gasteiger partial charge in [0.15, 0.2) is 58.7 Å². The van der Waals surface area contributed by atoms with E-state index in [2.05, 4.69) is 59.8 Å². The number of phosphoric ester groups is 1. The zero-order valence-electron chi connectivity index (χ0n) is 76.2. The van der Waals surface area contributed by atoms with Crippen LogP contribution in [0, 0.1) is 20.8 Å². The van der Waals surface area contributed by atoms with E-state index in [1.165, 1.54) is 85.2 Å². The van der Waals surface area contributed by atoms with Crippen molar-refractivity contribution in [2.75, 3.05) is 137 Å². The molecule has 11 unspecified atom stereocenters. The summed E-state index contributed by atoms with van der Waals surface area (Å²) in [6.07, 6.45) is -24.8. The number of anilines is 4. The van der Waals surface area contributed by atoms with Gasteiger partial charge in [-0.2, -0.15) is 15.0 Å². The van der Waals surface area contributed by atoms with Crippen LogP contribution in [0.5, 0.6) is 0 Å². The number of rotatable bonds is 48. The van der Waals surface area contributed by atoms with Gasteiger partial charge in [-0.3, -0.25) is 84.6 Å². The van der Waals surface area contributed by atoms with Gasteiger partial charge < -0.3 is 146 Å². The van der Waals surface area contributed by atoms with Crippen LogP contribution in [0.2, 0.25) is 0 Å². The number of nitrogens with zero attached hydrogens (tertiary/aromatic N) is 14. The highest BCUT2D eigenvalue weighted by molar-refractivity contribution is 8.08. The zero-order chi connectivity index (χ0) is 102. The number of H-pyrrole nitrogens is 4. The molecule has 9 aromatic heterocycles. The number of nitrogen functional groups attached to an aromatic ring is 4. The van der Waals surface area contributed by atoms with Crippen LogP contribution in [-0.4, -0.2) is 329 Å². The Morgan fingerprint density at radius 2 is 0.782 bits per heavy atom. The molecule has 0 saturated carbocycles. The molecule has 9 aromatic rings. The molecule has 0 spiro atoms. The third kappa shape index (κ3) is 25.0. The average Bonchev–Trinajstić information content (AvgIpc) is 1.60. The first-order valence-electron chi connectivity index (χ1n) is 43.2. The van der Waals surface area contributed by atoms with Crippen LogP contribution in [0.1, 0.15) is 80.2 Å². The first kappa shape index (κ1) is 109. The van der Waals surface area contributed by atoms with E-state index in [0.717, 1.165) is 30.8 Å². The lowest BCUT2D eigenvalue weighted by molar-refractivity contribution is -0.0843. The van der Waals surface area contributed by atoms with E-state index >= 15 is 4.57 Å². The molecule has 69 heteroatoms. The maximum atomic E-state index is 15.4. The second-order valence-corrected chi connectivity index (χ2v) is 45.2. The Kier molecular flexibility index (Phi) is 35.1. The summed E-state index contributed by atoms with van der Waals surface area (Å²) in [5.41, 5.74) is 18.3. The number of hydrogen-bond acceptors (Lipinski definition) is 49. The molecule has 0 aliphatic carbocycles. The van der Waals surface area contributed by atoms with Crippen molar-refractivity contribution in [1.29, 1.82) is 0 Å². The number of aromatic amines is 4. The summed E-state index contributed by atoms with van der Waals surface area (Å²) in [4.78, 5) is 198. The van der Waals surface area contributed by atoms with Gasteiger partial charge in [0.2, 0.25) is 11.9 Å². The van der Waals surface area contributed by atoms with E-state index in [-0.39, 0.29) is 122 Å². The largest absolute Gasteiger partial charge is 0.472 e. The molecule has 0 bridgehead atoms. The van der Waals surface area contributed by atoms with Gasteiger partial charge in [-0.15, -0.1) is 0 Å². The highest BCUT2D eigenvalue weighted by Gasteiger charge is 2.57. The molecule has 6 aliphatic heterocycles. The Bertz CT molecular complexity index is 6720. The lowest BCUT2D eigenvalue weighted by atomic mass is 10.1. The van der Waals surface area contributed by atoms with Crippen molar-refractivity contribution < 1.29 is 146 Å². The summed E-state index contributed by atoms with van der Waals surface area (Å²) < 4.78 is 168. The Morgan fingerprint density at radius 3 is 1.27 bits per heavy atom. The van der Waals surface area contributed by atoms with Crippen molar-refractivity contribution in [2.45, 2.75) is 182 Å². The number of imidazole rings is 3. The number of aliphatic hydroxyl groups excluding tert-OH is 1. The van der Waals surface area contributed by atoms with Crippen LogP contribution in [0.15, 0.2) is 77.5 Å². The summed E-state index contributed by atoms with van der Waals surface area (Å²) in [6, 6.07) is 0.